The van der Waals surface area contributed by atoms with E-state index in [9.17, 15) is 9.59 Å². The lowest BCUT2D eigenvalue weighted by atomic mass is 9.97. The fraction of sp³-hybridized carbons (Fsp3) is 0.591. The molecule has 30 heavy (non-hydrogen) atoms. The Labute approximate surface area is 181 Å². The molecule has 2 aromatic rings. The lowest BCUT2D eigenvalue weighted by molar-refractivity contribution is -0.134. The largest absolute Gasteiger partial charge is 0.444 e. The summed E-state index contributed by atoms with van der Waals surface area (Å²) in [5.74, 6) is 1.43. The van der Waals surface area contributed by atoms with Crippen molar-refractivity contribution in [1.82, 2.24) is 15.2 Å². The van der Waals surface area contributed by atoms with Crippen LogP contribution in [0.5, 0.6) is 0 Å². The zero-order valence-corrected chi connectivity index (χ0v) is 19.0. The Morgan fingerprint density at radius 1 is 1.37 bits per heavy atom. The average Bonchev–Trinajstić information content (AvgIpc) is 3.13. The second kappa shape index (κ2) is 9.73. The fourth-order valence-corrected chi connectivity index (χ4v) is 4.08. The van der Waals surface area contributed by atoms with Crippen LogP contribution in [-0.4, -0.2) is 58.6 Å². The first-order chi connectivity index (χ1) is 14.3. The third-order valence-electron chi connectivity index (χ3n) is 4.99. The van der Waals surface area contributed by atoms with Crippen LogP contribution in [0.25, 0.3) is 11.1 Å². The van der Waals surface area contributed by atoms with E-state index in [0.29, 0.717) is 25.4 Å². The van der Waals surface area contributed by atoms with Gasteiger partial charge in [0.25, 0.3) is 0 Å². The maximum Gasteiger partial charge on any atom is 0.408 e. The Balaban J connectivity index is 1.69. The molecule has 3 rings (SSSR count). The molecule has 1 aliphatic heterocycles. The number of carbonyl (C=O) groups is 2. The normalized spacial score (nSPS) is 18.3. The standard InChI is InChI=1S/C22H31N3O4S/c1-22(2,3)29-21(27)24-17(11-13-30-4)20(26)25-12-7-8-15(14-25)19-23-16-9-5-6-10-18(16)28-19/h5-6,9-10,15,17H,7-8,11-14H2,1-4H3,(H,24,27). The highest BCUT2D eigenvalue weighted by atomic mass is 32.2. The van der Waals surface area contributed by atoms with Gasteiger partial charge in [0.05, 0.1) is 5.92 Å². The van der Waals surface area contributed by atoms with Crippen LogP contribution >= 0.6 is 11.8 Å². The van der Waals surface area contributed by atoms with Gasteiger partial charge in [0.1, 0.15) is 17.2 Å². The molecule has 7 nitrogen and oxygen atoms in total. The number of carbonyl (C=O) groups excluding carboxylic acids is 2. The molecule has 0 saturated carbocycles. The van der Waals surface area contributed by atoms with Gasteiger partial charge >= 0.3 is 6.09 Å². The molecule has 1 saturated heterocycles. The van der Waals surface area contributed by atoms with Crippen LogP contribution < -0.4 is 5.32 Å². The van der Waals surface area contributed by atoms with Crippen molar-refractivity contribution >= 4 is 34.9 Å². The van der Waals surface area contributed by atoms with Crippen molar-refractivity contribution in [3.8, 4) is 0 Å². The number of alkyl carbamates (subject to hydrolysis) is 1. The second-order valence-corrected chi connectivity index (χ2v) is 9.61. The Kier molecular flexibility index (Phi) is 7.28. The van der Waals surface area contributed by atoms with Crippen LogP contribution in [0.2, 0.25) is 0 Å². The number of hydrogen-bond donors (Lipinski definition) is 1. The molecule has 2 amide bonds. The maximum absolute atomic E-state index is 13.2. The molecule has 8 heteroatoms. The number of ether oxygens (including phenoxy) is 1. The van der Waals surface area contributed by atoms with Crippen LogP contribution in [0.1, 0.15) is 51.8 Å². The van der Waals surface area contributed by atoms with Crippen molar-refractivity contribution in [3.63, 3.8) is 0 Å². The van der Waals surface area contributed by atoms with E-state index >= 15 is 0 Å². The molecule has 1 aliphatic rings. The molecule has 1 N–H and O–H groups in total. The smallest absolute Gasteiger partial charge is 0.408 e. The van der Waals surface area contributed by atoms with Gasteiger partial charge in [0.2, 0.25) is 5.91 Å². The van der Waals surface area contributed by atoms with E-state index in [1.807, 2.05) is 35.4 Å². The molecule has 2 atom stereocenters. The third-order valence-corrected chi connectivity index (χ3v) is 5.64. The van der Waals surface area contributed by atoms with Crippen LogP contribution in [-0.2, 0) is 9.53 Å². The summed E-state index contributed by atoms with van der Waals surface area (Å²) in [4.78, 5) is 32.0. The summed E-state index contributed by atoms with van der Waals surface area (Å²) >= 11 is 1.65. The SMILES string of the molecule is CSCCC(NC(=O)OC(C)(C)C)C(=O)N1CCCC(c2nc3ccccc3o2)C1. The molecule has 0 bridgehead atoms. The van der Waals surface area contributed by atoms with Gasteiger partial charge in [0.15, 0.2) is 11.5 Å². The topological polar surface area (TPSA) is 84.7 Å². The van der Waals surface area contributed by atoms with Crippen molar-refractivity contribution in [2.75, 3.05) is 25.1 Å². The fourth-order valence-electron chi connectivity index (χ4n) is 3.61. The molecule has 2 unspecified atom stereocenters. The Morgan fingerprint density at radius 2 is 2.13 bits per heavy atom. The first-order valence-corrected chi connectivity index (χ1v) is 11.8. The number of rotatable bonds is 6. The first kappa shape index (κ1) is 22.5. The van der Waals surface area contributed by atoms with E-state index < -0.39 is 17.7 Å². The van der Waals surface area contributed by atoms with E-state index in [-0.39, 0.29) is 11.8 Å². The number of hydrogen-bond acceptors (Lipinski definition) is 6. The minimum Gasteiger partial charge on any atom is -0.444 e. The predicted molar refractivity (Wildman–Crippen MR) is 119 cm³/mol. The number of thioether (sulfide) groups is 1. The van der Waals surface area contributed by atoms with Gasteiger partial charge < -0.3 is 19.4 Å². The average molecular weight is 434 g/mol. The van der Waals surface area contributed by atoms with Crippen molar-refractivity contribution in [2.45, 2.75) is 57.6 Å². The summed E-state index contributed by atoms with van der Waals surface area (Å²) in [6, 6.07) is 7.09. The van der Waals surface area contributed by atoms with Crippen molar-refractivity contribution in [2.24, 2.45) is 0 Å². The van der Waals surface area contributed by atoms with E-state index in [1.54, 1.807) is 32.5 Å². The minimum absolute atomic E-state index is 0.0535. The van der Waals surface area contributed by atoms with Crippen molar-refractivity contribution in [1.29, 1.82) is 0 Å². The summed E-state index contributed by atoms with van der Waals surface area (Å²) in [5.41, 5.74) is 0.987. The lowest BCUT2D eigenvalue weighted by Crippen LogP contribution is -2.52. The van der Waals surface area contributed by atoms with Gasteiger partial charge in [-0.3, -0.25) is 4.79 Å². The minimum atomic E-state index is -0.611. The lowest BCUT2D eigenvalue weighted by Gasteiger charge is -2.34. The molecule has 0 radical (unpaired) electrons. The molecular formula is C22H31N3O4S. The zero-order valence-electron chi connectivity index (χ0n) is 18.1. The van der Waals surface area contributed by atoms with E-state index in [0.717, 1.165) is 29.7 Å². The van der Waals surface area contributed by atoms with Crippen molar-refractivity contribution < 1.29 is 18.7 Å². The predicted octanol–water partition coefficient (Wildman–Crippen LogP) is 4.18. The van der Waals surface area contributed by atoms with Crippen LogP contribution in [0.3, 0.4) is 0 Å². The highest BCUT2D eigenvalue weighted by Crippen LogP contribution is 2.29. The molecule has 1 aromatic carbocycles. The Morgan fingerprint density at radius 3 is 2.83 bits per heavy atom. The highest BCUT2D eigenvalue weighted by molar-refractivity contribution is 7.98. The number of likely N-dealkylation sites (tertiary alicyclic amines) is 1. The molecule has 1 aromatic heterocycles. The summed E-state index contributed by atoms with van der Waals surface area (Å²) in [7, 11) is 0. The van der Waals surface area contributed by atoms with Crippen LogP contribution in [0, 0.1) is 0 Å². The third kappa shape index (κ3) is 5.90. The van der Waals surface area contributed by atoms with E-state index in [1.165, 1.54) is 0 Å². The van der Waals surface area contributed by atoms with Gasteiger partial charge in [-0.2, -0.15) is 11.8 Å². The maximum atomic E-state index is 13.2. The van der Waals surface area contributed by atoms with Gasteiger partial charge in [-0.05, 0) is 64.2 Å². The molecule has 0 aliphatic carbocycles. The van der Waals surface area contributed by atoms with Crippen molar-refractivity contribution in [3.05, 3.63) is 30.2 Å². The van der Waals surface area contributed by atoms with E-state index in [2.05, 4.69) is 10.3 Å². The number of amides is 2. The van der Waals surface area contributed by atoms with Crippen LogP contribution in [0.4, 0.5) is 4.79 Å². The molecule has 164 valence electrons. The number of piperidine rings is 1. The monoisotopic (exact) mass is 433 g/mol. The Hall–Kier alpha value is -2.22. The van der Waals surface area contributed by atoms with Gasteiger partial charge in [-0.1, -0.05) is 12.1 Å². The summed E-state index contributed by atoms with van der Waals surface area (Å²) < 4.78 is 11.3. The van der Waals surface area contributed by atoms with Gasteiger partial charge in [-0.25, -0.2) is 9.78 Å². The highest BCUT2D eigenvalue weighted by Gasteiger charge is 2.33. The Bertz CT molecular complexity index is 844. The quantitative estimate of drug-likeness (QED) is 0.736. The molecular weight excluding hydrogens is 402 g/mol. The zero-order chi connectivity index (χ0) is 21.7. The number of fused-ring (bicyclic) bond motifs is 1. The number of aromatic nitrogens is 1. The first-order valence-electron chi connectivity index (χ1n) is 10.4. The molecule has 1 fully saturated rings. The number of benzene rings is 1. The number of para-hydroxylation sites is 2. The summed E-state index contributed by atoms with van der Waals surface area (Å²) in [6.45, 7) is 6.63. The van der Waals surface area contributed by atoms with E-state index in [4.69, 9.17) is 9.15 Å². The molecule has 0 spiro atoms. The molecule has 2 heterocycles. The van der Waals surface area contributed by atoms with Gasteiger partial charge in [0, 0.05) is 13.1 Å². The summed E-state index contributed by atoms with van der Waals surface area (Å²) in [5, 5.41) is 2.78. The van der Waals surface area contributed by atoms with Gasteiger partial charge in [-0.15, -0.1) is 0 Å². The second-order valence-electron chi connectivity index (χ2n) is 8.62. The number of nitrogens with zero attached hydrogens (tertiary/aromatic N) is 2. The summed E-state index contributed by atoms with van der Waals surface area (Å²) in [6.07, 6.45) is 3.78. The number of oxazole rings is 1. The van der Waals surface area contributed by atoms with Crippen LogP contribution in [0.15, 0.2) is 28.7 Å². The number of nitrogens with one attached hydrogen (secondary N) is 1.